The van der Waals surface area contributed by atoms with E-state index in [1.165, 1.54) is 20.3 Å². The molecule has 41 heavy (non-hydrogen) atoms. The highest BCUT2D eigenvalue weighted by atomic mass is 19.4. The fourth-order valence-electron chi connectivity index (χ4n) is 5.07. The van der Waals surface area contributed by atoms with Gasteiger partial charge in [0.25, 0.3) is 0 Å². The minimum absolute atomic E-state index is 0.104. The molecular weight excluding hydrogens is 540 g/mol. The van der Waals surface area contributed by atoms with Crippen LogP contribution in [0.4, 0.5) is 28.9 Å². The van der Waals surface area contributed by atoms with E-state index in [1.54, 1.807) is 36.4 Å². The summed E-state index contributed by atoms with van der Waals surface area (Å²) in [7, 11) is 2.73. The maximum absolute atomic E-state index is 15.0. The molecule has 3 aromatic rings. The first-order chi connectivity index (χ1) is 19.6. The highest BCUT2D eigenvalue weighted by Crippen LogP contribution is 2.32. The summed E-state index contributed by atoms with van der Waals surface area (Å²) in [6.45, 7) is 2.88. The van der Waals surface area contributed by atoms with E-state index in [2.05, 4.69) is 34.3 Å². The summed E-state index contributed by atoms with van der Waals surface area (Å²) in [6, 6.07) is 10.9. The molecule has 220 valence electrons. The maximum Gasteiger partial charge on any atom is 0.406 e. The lowest BCUT2D eigenvalue weighted by atomic mass is 10.0. The topological polar surface area (TPSA) is 67.8 Å². The zero-order chi connectivity index (χ0) is 29.6. The van der Waals surface area contributed by atoms with E-state index in [-0.39, 0.29) is 12.2 Å². The van der Waals surface area contributed by atoms with Crippen molar-refractivity contribution in [2.75, 3.05) is 51.0 Å². The Bertz CT molecular complexity index is 1430. The number of methoxy groups -OCH3 is 2. The predicted molar refractivity (Wildman–Crippen MR) is 151 cm³/mol. The summed E-state index contributed by atoms with van der Waals surface area (Å²) in [4.78, 5) is 13.9. The molecular formula is C30H34F4N4O3. The molecule has 1 aromatic heterocycles. The van der Waals surface area contributed by atoms with Gasteiger partial charge in [-0.15, -0.1) is 0 Å². The minimum Gasteiger partial charge on any atom is -0.495 e. The van der Waals surface area contributed by atoms with Gasteiger partial charge in [0.1, 0.15) is 18.5 Å². The van der Waals surface area contributed by atoms with Crippen LogP contribution in [0, 0.1) is 11.8 Å². The third-order valence-electron chi connectivity index (χ3n) is 7.00. The molecule has 0 saturated carbocycles. The number of rotatable bonds is 9. The van der Waals surface area contributed by atoms with Gasteiger partial charge in [0.05, 0.1) is 49.3 Å². The molecule has 1 aliphatic rings. The van der Waals surface area contributed by atoms with E-state index in [4.69, 9.17) is 9.47 Å². The van der Waals surface area contributed by atoms with Crippen LogP contribution >= 0.6 is 0 Å². The van der Waals surface area contributed by atoms with Crippen molar-refractivity contribution in [2.24, 2.45) is 0 Å². The van der Waals surface area contributed by atoms with Gasteiger partial charge in [-0.05, 0) is 61.7 Å². The Balaban J connectivity index is 1.57. The van der Waals surface area contributed by atoms with Crippen LogP contribution in [0.2, 0.25) is 0 Å². The fourth-order valence-corrected chi connectivity index (χ4v) is 5.07. The number of hydrogen-bond donors (Lipinski definition) is 2. The van der Waals surface area contributed by atoms with Crippen LogP contribution in [0.1, 0.15) is 35.8 Å². The number of carbonyl (C=O) groups excluding carboxylic acids is 1. The number of carbonyl (C=O) groups is 1. The summed E-state index contributed by atoms with van der Waals surface area (Å²) in [5.41, 5.74) is 2.01. The summed E-state index contributed by atoms with van der Waals surface area (Å²) < 4.78 is 66.8. The molecule has 2 heterocycles. The second-order valence-corrected chi connectivity index (χ2v) is 9.89. The number of aromatic nitrogens is 1. The zero-order valence-corrected chi connectivity index (χ0v) is 23.3. The molecule has 2 atom stereocenters. The molecule has 2 aromatic carbocycles. The van der Waals surface area contributed by atoms with Crippen molar-refractivity contribution in [3.63, 3.8) is 0 Å². The van der Waals surface area contributed by atoms with Gasteiger partial charge in [-0.2, -0.15) is 13.2 Å². The number of esters is 1. The zero-order valence-electron chi connectivity index (χ0n) is 23.3. The quantitative estimate of drug-likeness (QED) is 0.194. The second-order valence-electron chi connectivity index (χ2n) is 9.89. The molecule has 4 rings (SSSR count). The van der Waals surface area contributed by atoms with Crippen LogP contribution in [0.5, 0.6) is 5.75 Å². The van der Waals surface area contributed by atoms with Gasteiger partial charge < -0.3 is 29.6 Å². The fraction of sp³-hybridized carbons (Fsp3) is 0.433. The first-order valence-corrected chi connectivity index (χ1v) is 13.4. The lowest BCUT2D eigenvalue weighted by Gasteiger charge is -2.35. The molecule has 7 nitrogen and oxygen atoms in total. The highest BCUT2D eigenvalue weighted by molar-refractivity contribution is 5.94. The van der Waals surface area contributed by atoms with Gasteiger partial charge >= 0.3 is 12.1 Å². The molecule has 0 unspecified atom stereocenters. The summed E-state index contributed by atoms with van der Waals surface area (Å²) in [5, 5.41) is 6.87. The maximum atomic E-state index is 15.0. The minimum atomic E-state index is -4.46. The van der Waals surface area contributed by atoms with Gasteiger partial charge in [0.2, 0.25) is 0 Å². The Labute approximate surface area is 236 Å². The Hall–Kier alpha value is -3.91. The summed E-state index contributed by atoms with van der Waals surface area (Å²) >= 11 is 0. The van der Waals surface area contributed by atoms with Crippen molar-refractivity contribution in [2.45, 2.75) is 44.7 Å². The van der Waals surface area contributed by atoms with Gasteiger partial charge in [-0.1, -0.05) is 18.9 Å². The van der Waals surface area contributed by atoms with Crippen molar-refractivity contribution in [1.82, 2.24) is 9.47 Å². The van der Waals surface area contributed by atoms with Crippen LogP contribution in [0.15, 0.2) is 42.5 Å². The lowest BCUT2D eigenvalue weighted by molar-refractivity contribution is -0.140. The van der Waals surface area contributed by atoms with E-state index in [0.29, 0.717) is 46.6 Å². The van der Waals surface area contributed by atoms with Crippen LogP contribution in [0.25, 0.3) is 10.9 Å². The van der Waals surface area contributed by atoms with Gasteiger partial charge in [0, 0.05) is 24.2 Å². The largest absolute Gasteiger partial charge is 0.495 e. The molecule has 1 fully saturated rings. The summed E-state index contributed by atoms with van der Waals surface area (Å²) in [6.07, 6.45) is -4.00. The molecule has 11 heteroatoms. The average molecular weight is 575 g/mol. The number of ether oxygens (including phenoxy) is 2. The number of piperidine rings is 1. The Morgan fingerprint density at radius 1 is 1.15 bits per heavy atom. The van der Waals surface area contributed by atoms with E-state index in [1.807, 2.05) is 0 Å². The molecule has 0 spiro atoms. The lowest BCUT2D eigenvalue weighted by Crippen LogP contribution is -2.47. The van der Waals surface area contributed by atoms with Crippen LogP contribution in [-0.4, -0.2) is 74.2 Å². The van der Waals surface area contributed by atoms with Crippen LogP contribution in [-0.2, 0) is 11.3 Å². The molecule has 1 aliphatic heterocycles. The number of halogens is 4. The average Bonchev–Trinajstić information content (AvgIpc) is 3.28. The van der Waals surface area contributed by atoms with Crippen LogP contribution in [0.3, 0.4) is 0 Å². The van der Waals surface area contributed by atoms with Crippen molar-refractivity contribution in [3.8, 4) is 17.6 Å². The van der Waals surface area contributed by atoms with Crippen molar-refractivity contribution >= 4 is 28.2 Å². The van der Waals surface area contributed by atoms with E-state index >= 15 is 0 Å². The molecule has 0 radical (unpaired) electrons. The summed E-state index contributed by atoms with van der Waals surface area (Å²) in [5.74, 6) is 5.62. The number of likely N-dealkylation sites (tertiary alicyclic amines) is 1. The Morgan fingerprint density at radius 2 is 1.95 bits per heavy atom. The number of fused-ring (bicyclic) bond motifs is 1. The number of benzene rings is 2. The van der Waals surface area contributed by atoms with E-state index in [9.17, 15) is 22.4 Å². The van der Waals surface area contributed by atoms with E-state index < -0.39 is 30.9 Å². The molecule has 2 N–H and O–H groups in total. The van der Waals surface area contributed by atoms with Crippen LogP contribution < -0.4 is 15.4 Å². The van der Waals surface area contributed by atoms with Gasteiger partial charge in [0.15, 0.2) is 0 Å². The molecule has 0 aliphatic carbocycles. The molecule has 0 bridgehead atoms. The highest BCUT2D eigenvalue weighted by Gasteiger charge is 2.31. The second kappa shape index (κ2) is 13.2. The molecule has 0 amide bonds. The normalized spacial score (nSPS) is 17.5. The third-order valence-corrected chi connectivity index (χ3v) is 7.00. The van der Waals surface area contributed by atoms with Gasteiger partial charge in [-0.25, -0.2) is 9.18 Å². The van der Waals surface area contributed by atoms with Gasteiger partial charge in [-0.3, -0.25) is 0 Å². The Morgan fingerprint density at radius 3 is 2.63 bits per heavy atom. The molecule has 1 saturated heterocycles. The van der Waals surface area contributed by atoms with Crippen molar-refractivity contribution in [3.05, 3.63) is 53.7 Å². The number of nitrogens with one attached hydrogen (secondary N) is 2. The number of anilines is 2. The van der Waals surface area contributed by atoms with Crippen molar-refractivity contribution < 1.29 is 31.8 Å². The number of alkyl halides is 4. The first-order valence-electron chi connectivity index (χ1n) is 13.4. The standard InChI is InChI=1S/C30H34F4N4O3/c1-4-14-37-15-12-25(23(31)18-37)36-24-8-5-9-27-22(24)17-21(38(27)19-30(32,33)34)7-6-13-35-26-11-10-20(29(39)41-3)16-28(26)40-2/h5,8-11,16-17,23,25,35-36H,4,12-15,18-19H2,1-3H3/t23-,25+/m0/s1. The third kappa shape index (κ3) is 7.44. The number of nitrogens with zero attached hydrogens (tertiary/aromatic N) is 2. The van der Waals surface area contributed by atoms with E-state index in [0.717, 1.165) is 24.1 Å². The Kier molecular flexibility index (Phi) is 9.65. The smallest absolute Gasteiger partial charge is 0.406 e. The SMILES string of the molecule is CCCN1CC[C@@H](Nc2cccc3c2cc(C#CCNc2ccc(C(=O)OC)cc2OC)n3CC(F)(F)F)[C@@H](F)C1. The predicted octanol–water partition coefficient (Wildman–Crippen LogP) is 5.70. The monoisotopic (exact) mass is 574 g/mol. The number of hydrogen-bond acceptors (Lipinski definition) is 6. The van der Waals surface area contributed by atoms with Crippen molar-refractivity contribution in [1.29, 1.82) is 0 Å². The first kappa shape index (κ1) is 30.1.